The molecule has 0 bridgehead atoms. The summed E-state index contributed by atoms with van der Waals surface area (Å²) in [5.41, 5.74) is 0. The van der Waals surface area contributed by atoms with Crippen molar-refractivity contribution in [1.82, 2.24) is 5.32 Å². The molecule has 0 atom stereocenters. The predicted molar refractivity (Wildman–Crippen MR) is 72.8 cm³/mol. The SMILES string of the molecule is CCCNCCCOc1cccc(S(C)(=O)=O)c1. The Kier molecular flexibility index (Phi) is 6.15. The summed E-state index contributed by atoms with van der Waals surface area (Å²) in [6.07, 6.45) is 3.22. The molecule has 0 fully saturated rings. The summed E-state index contributed by atoms with van der Waals surface area (Å²) in [6, 6.07) is 6.61. The maximum Gasteiger partial charge on any atom is 0.175 e. The summed E-state index contributed by atoms with van der Waals surface area (Å²) in [6.45, 7) is 4.65. The summed E-state index contributed by atoms with van der Waals surface area (Å²) >= 11 is 0. The topological polar surface area (TPSA) is 55.4 Å². The van der Waals surface area contributed by atoms with Gasteiger partial charge in [0.15, 0.2) is 9.84 Å². The third-order valence-corrected chi connectivity index (χ3v) is 3.54. The number of ether oxygens (including phenoxy) is 1. The highest BCUT2D eigenvalue weighted by molar-refractivity contribution is 7.90. The molecule has 5 heteroatoms. The largest absolute Gasteiger partial charge is 0.494 e. The van der Waals surface area contributed by atoms with E-state index < -0.39 is 9.84 Å². The Labute approximate surface area is 109 Å². The minimum atomic E-state index is -3.16. The minimum Gasteiger partial charge on any atom is -0.494 e. The second-order valence-electron chi connectivity index (χ2n) is 4.20. The molecule has 1 rings (SSSR count). The molecule has 0 spiro atoms. The highest BCUT2D eigenvalue weighted by atomic mass is 32.2. The maximum absolute atomic E-state index is 11.4. The van der Waals surface area contributed by atoms with Crippen LogP contribution in [0.4, 0.5) is 0 Å². The first-order valence-corrected chi connectivity index (χ1v) is 8.07. The van der Waals surface area contributed by atoms with Crippen molar-refractivity contribution in [3.63, 3.8) is 0 Å². The van der Waals surface area contributed by atoms with E-state index >= 15 is 0 Å². The van der Waals surface area contributed by atoms with Gasteiger partial charge < -0.3 is 10.1 Å². The van der Waals surface area contributed by atoms with Gasteiger partial charge in [0.05, 0.1) is 11.5 Å². The van der Waals surface area contributed by atoms with Crippen molar-refractivity contribution in [2.75, 3.05) is 26.0 Å². The van der Waals surface area contributed by atoms with Crippen LogP contribution < -0.4 is 10.1 Å². The van der Waals surface area contributed by atoms with Gasteiger partial charge in [-0.15, -0.1) is 0 Å². The molecule has 1 aromatic rings. The molecule has 0 saturated heterocycles. The van der Waals surface area contributed by atoms with Gasteiger partial charge in [0.1, 0.15) is 5.75 Å². The van der Waals surface area contributed by atoms with E-state index in [9.17, 15) is 8.42 Å². The molecule has 102 valence electrons. The lowest BCUT2D eigenvalue weighted by Gasteiger charge is -2.07. The summed E-state index contributed by atoms with van der Waals surface area (Å²) in [5, 5.41) is 3.28. The van der Waals surface area contributed by atoms with E-state index in [-0.39, 0.29) is 0 Å². The quantitative estimate of drug-likeness (QED) is 0.733. The van der Waals surface area contributed by atoms with E-state index in [0.29, 0.717) is 17.3 Å². The zero-order valence-corrected chi connectivity index (χ0v) is 11.8. The van der Waals surface area contributed by atoms with Crippen LogP contribution in [0.2, 0.25) is 0 Å². The molecule has 0 saturated carbocycles. The van der Waals surface area contributed by atoms with E-state index in [0.717, 1.165) is 25.9 Å². The van der Waals surface area contributed by atoms with Gasteiger partial charge in [-0.05, 0) is 44.1 Å². The summed E-state index contributed by atoms with van der Waals surface area (Å²) in [4.78, 5) is 0.295. The average Bonchev–Trinajstić information content (AvgIpc) is 2.33. The van der Waals surface area contributed by atoms with Crippen molar-refractivity contribution in [2.45, 2.75) is 24.7 Å². The van der Waals surface area contributed by atoms with Gasteiger partial charge in [-0.3, -0.25) is 0 Å². The fourth-order valence-electron chi connectivity index (χ4n) is 1.48. The molecule has 1 aromatic carbocycles. The number of rotatable bonds is 8. The molecular weight excluding hydrogens is 250 g/mol. The van der Waals surface area contributed by atoms with Gasteiger partial charge >= 0.3 is 0 Å². The summed E-state index contributed by atoms with van der Waals surface area (Å²) < 4.78 is 28.3. The molecule has 4 nitrogen and oxygen atoms in total. The number of hydrogen-bond acceptors (Lipinski definition) is 4. The van der Waals surface area contributed by atoms with Crippen molar-refractivity contribution < 1.29 is 13.2 Å². The number of nitrogens with one attached hydrogen (secondary N) is 1. The number of benzene rings is 1. The Morgan fingerprint density at radius 2 is 2.06 bits per heavy atom. The molecule has 0 aliphatic carbocycles. The summed E-state index contributed by atoms with van der Waals surface area (Å²) in [7, 11) is -3.16. The van der Waals surface area contributed by atoms with Crippen LogP contribution in [0.25, 0.3) is 0 Å². The highest BCUT2D eigenvalue weighted by Gasteiger charge is 2.07. The fourth-order valence-corrected chi connectivity index (χ4v) is 2.14. The van der Waals surface area contributed by atoms with E-state index in [2.05, 4.69) is 12.2 Å². The van der Waals surface area contributed by atoms with Crippen molar-refractivity contribution in [2.24, 2.45) is 0 Å². The van der Waals surface area contributed by atoms with Crippen molar-refractivity contribution >= 4 is 9.84 Å². The van der Waals surface area contributed by atoms with Crippen molar-refractivity contribution in [3.05, 3.63) is 24.3 Å². The van der Waals surface area contributed by atoms with Crippen LogP contribution in [-0.4, -0.2) is 34.4 Å². The normalized spacial score (nSPS) is 11.4. The van der Waals surface area contributed by atoms with Crippen LogP contribution in [0.1, 0.15) is 19.8 Å². The second-order valence-corrected chi connectivity index (χ2v) is 6.21. The Bertz CT molecular complexity index is 457. The Hall–Kier alpha value is -1.07. The lowest BCUT2D eigenvalue weighted by molar-refractivity contribution is 0.307. The first-order valence-electron chi connectivity index (χ1n) is 6.17. The first kappa shape index (κ1) is 15.0. The lowest BCUT2D eigenvalue weighted by atomic mass is 10.3. The Morgan fingerprint density at radius 3 is 2.72 bits per heavy atom. The van der Waals surface area contributed by atoms with Crippen LogP contribution in [0, 0.1) is 0 Å². The van der Waals surface area contributed by atoms with Gasteiger partial charge in [-0.25, -0.2) is 8.42 Å². The first-order chi connectivity index (χ1) is 8.54. The predicted octanol–water partition coefficient (Wildman–Crippen LogP) is 1.86. The minimum absolute atomic E-state index is 0.295. The maximum atomic E-state index is 11.4. The van der Waals surface area contributed by atoms with Gasteiger partial charge in [-0.2, -0.15) is 0 Å². The summed E-state index contributed by atoms with van der Waals surface area (Å²) in [5.74, 6) is 0.605. The molecule has 0 unspecified atom stereocenters. The van der Waals surface area contributed by atoms with Crippen LogP contribution in [0.15, 0.2) is 29.2 Å². The van der Waals surface area contributed by atoms with E-state index in [1.54, 1.807) is 24.3 Å². The van der Waals surface area contributed by atoms with Gasteiger partial charge in [0, 0.05) is 6.26 Å². The standard InChI is InChI=1S/C13H21NO3S/c1-3-8-14-9-5-10-17-12-6-4-7-13(11-12)18(2,15)16/h4,6-7,11,14H,3,5,8-10H2,1-2H3. The fraction of sp³-hybridized carbons (Fsp3) is 0.538. The van der Waals surface area contributed by atoms with E-state index in [4.69, 9.17) is 4.74 Å². The van der Waals surface area contributed by atoms with Crippen LogP contribution in [0.3, 0.4) is 0 Å². The van der Waals surface area contributed by atoms with Gasteiger partial charge in [0.2, 0.25) is 0 Å². The molecule has 1 N–H and O–H groups in total. The Morgan fingerprint density at radius 1 is 1.28 bits per heavy atom. The molecule has 0 radical (unpaired) electrons. The van der Waals surface area contributed by atoms with Crippen LogP contribution >= 0.6 is 0 Å². The molecule has 0 amide bonds. The number of hydrogen-bond donors (Lipinski definition) is 1. The van der Waals surface area contributed by atoms with Crippen LogP contribution in [0.5, 0.6) is 5.75 Å². The smallest absolute Gasteiger partial charge is 0.175 e. The zero-order valence-electron chi connectivity index (χ0n) is 11.0. The van der Waals surface area contributed by atoms with E-state index in [1.165, 1.54) is 6.26 Å². The van der Waals surface area contributed by atoms with Crippen LogP contribution in [-0.2, 0) is 9.84 Å². The third-order valence-electron chi connectivity index (χ3n) is 2.43. The lowest BCUT2D eigenvalue weighted by Crippen LogP contribution is -2.18. The molecule has 0 aliphatic heterocycles. The second kappa shape index (κ2) is 7.38. The average molecular weight is 271 g/mol. The van der Waals surface area contributed by atoms with E-state index in [1.807, 2.05) is 0 Å². The molecule has 18 heavy (non-hydrogen) atoms. The number of sulfone groups is 1. The highest BCUT2D eigenvalue weighted by Crippen LogP contribution is 2.17. The Balaban J connectivity index is 2.39. The van der Waals surface area contributed by atoms with Gasteiger partial charge in [-0.1, -0.05) is 13.0 Å². The zero-order chi connectivity index (χ0) is 13.4. The molecular formula is C13H21NO3S. The molecule has 0 aliphatic rings. The van der Waals surface area contributed by atoms with Crippen molar-refractivity contribution in [1.29, 1.82) is 0 Å². The third kappa shape index (κ3) is 5.51. The molecule has 0 heterocycles. The molecule has 0 aromatic heterocycles. The monoisotopic (exact) mass is 271 g/mol. The van der Waals surface area contributed by atoms with Gasteiger partial charge in [0.25, 0.3) is 0 Å². The van der Waals surface area contributed by atoms with Crippen molar-refractivity contribution in [3.8, 4) is 5.75 Å².